The highest BCUT2D eigenvalue weighted by molar-refractivity contribution is 5.96. The fourth-order valence-corrected chi connectivity index (χ4v) is 4.37. The second-order valence-electron chi connectivity index (χ2n) is 8.33. The van der Waals surface area contributed by atoms with E-state index in [0.717, 1.165) is 31.2 Å². The van der Waals surface area contributed by atoms with Gasteiger partial charge in [0.1, 0.15) is 0 Å². The van der Waals surface area contributed by atoms with E-state index in [-0.39, 0.29) is 17.9 Å². The zero-order valence-electron chi connectivity index (χ0n) is 17.9. The van der Waals surface area contributed by atoms with E-state index in [0.29, 0.717) is 6.54 Å². The van der Waals surface area contributed by atoms with Crippen molar-refractivity contribution < 1.29 is 9.59 Å². The molecular weight excluding hydrogens is 388 g/mol. The van der Waals surface area contributed by atoms with Crippen molar-refractivity contribution in [2.45, 2.75) is 50.6 Å². The molecule has 3 aromatic rings. The number of para-hydroxylation sites is 1. The number of nitrogens with one attached hydrogen (secondary N) is 4. The summed E-state index contributed by atoms with van der Waals surface area (Å²) in [6.07, 6.45) is 6.28. The molecule has 1 aliphatic carbocycles. The van der Waals surface area contributed by atoms with Gasteiger partial charge in [0.2, 0.25) is 5.91 Å². The van der Waals surface area contributed by atoms with Crippen molar-refractivity contribution in [3.63, 3.8) is 0 Å². The van der Waals surface area contributed by atoms with Crippen molar-refractivity contribution in [2.75, 3.05) is 6.54 Å². The third-order valence-corrected chi connectivity index (χ3v) is 6.15. The Bertz CT molecular complexity index is 1020. The minimum Gasteiger partial charge on any atom is -0.361 e. The number of imide groups is 1. The van der Waals surface area contributed by atoms with Gasteiger partial charge in [-0.2, -0.15) is 0 Å². The van der Waals surface area contributed by atoms with Gasteiger partial charge in [0.25, 0.3) is 0 Å². The Morgan fingerprint density at radius 2 is 1.74 bits per heavy atom. The second kappa shape index (κ2) is 9.79. The van der Waals surface area contributed by atoms with Crippen LogP contribution in [0.15, 0.2) is 60.8 Å². The van der Waals surface area contributed by atoms with Gasteiger partial charge in [-0.1, -0.05) is 61.4 Å². The van der Waals surface area contributed by atoms with Crippen LogP contribution < -0.4 is 16.0 Å². The lowest BCUT2D eigenvalue weighted by atomic mass is 9.90. The molecular formula is C25H30N4O2. The SMILES string of the molecule is C[C@H](NC[C@@H](c1ccccc1)c1c[nH]c2ccccc12)C(=O)NC(=O)NC1CCCC1. The third-order valence-electron chi connectivity index (χ3n) is 6.15. The van der Waals surface area contributed by atoms with Crippen LogP contribution in [-0.4, -0.2) is 35.6 Å². The van der Waals surface area contributed by atoms with Gasteiger partial charge in [0.15, 0.2) is 0 Å². The number of H-pyrrole nitrogens is 1. The van der Waals surface area contributed by atoms with E-state index < -0.39 is 12.1 Å². The number of urea groups is 1. The van der Waals surface area contributed by atoms with Crippen molar-refractivity contribution in [3.8, 4) is 0 Å². The Labute approximate surface area is 182 Å². The topological polar surface area (TPSA) is 86.0 Å². The average molecular weight is 419 g/mol. The van der Waals surface area contributed by atoms with Gasteiger partial charge < -0.3 is 15.6 Å². The molecule has 1 fully saturated rings. The van der Waals surface area contributed by atoms with Gasteiger partial charge in [-0.05, 0) is 37.0 Å². The van der Waals surface area contributed by atoms with E-state index in [9.17, 15) is 9.59 Å². The molecule has 3 amide bonds. The van der Waals surface area contributed by atoms with Crippen LogP contribution in [0.5, 0.6) is 0 Å². The van der Waals surface area contributed by atoms with Gasteiger partial charge in [-0.25, -0.2) is 4.79 Å². The van der Waals surface area contributed by atoms with Crippen LogP contribution in [0.4, 0.5) is 4.79 Å². The number of hydrogen-bond acceptors (Lipinski definition) is 3. The van der Waals surface area contributed by atoms with Crippen molar-refractivity contribution in [1.29, 1.82) is 0 Å². The fourth-order valence-electron chi connectivity index (χ4n) is 4.37. The predicted octanol–water partition coefficient (Wildman–Crippen LogP) is 4.05. The molecule has 162 valence electrons. The number of rotatable bonds is 7. The Kier molecular flexibility index (Phi) is 6.67. The summed E-state index contributed by atoms with van der Waals surface area (Å²) in [6.45, 7) is 2.36. The van der Waals surface area contributed by atoms with E-state index >= 15 is 0 Å². The van der Waals surface area contributed by atoms with Crippen LogP contribution in [0.3, 0.4) is 0 Å². The smallest absolute Gasteiger partial charge is 0.321 e. The van der Waals surface area contributed by atoms with Crippen LogP contribution in [0.25, 0.3) is 10.9 Å². The summed E-state index contributed by atoms with van der Waals surface area (Å²) < 4.78 is 0. The Hall–Kier alpha value is -3.12. The second-order valence-corrected chi connectivity index (χ2v) is 8.33. The lowest BCUT2D eigenvalue weighted by Gasteiger charge is -2.21. The van der Waals surface area contributed by atoms with Crippen LogP contribution in [0.1, 0.15) is 49.7 Å². The molecule has 0 saturated heterocycles. The highest BCUT2D eigenvalue weighted by Crippen LogP contribution is 2.30. The first-order valence-corrected chi connectivity index (χ1v) is 11.1. The minimum atomic E-state index is -0.495. The standard InChI is InChI=1S/C25H30N4O2/c1-17(24(30)29-25(31)28-19-11-5-6-12-19)26-15-21(18-9-3-2-4-10-18)22-16-27-23-14-8-7-13-20(22)23/h2-4,7-10,13-14,16-17,19,21,26-27H,5-6,11-12,15H2,1H3,(H2,28,29,30,31)/t17-,21-/m0/s1. The number of aromatic nitrogens is 1. The molecule has 2 aromatic carbocycles. The number of carbonyl (C=O) groups is 2. The number of carbonyl (C=O) groups excluding carboxylic acids is 2. The van der Waals surface area contributed by atoms with Gasteiger partial charge in [0.05, 0.1) is 6.04 Å². The normalized spacial score (nSPS) is 16.2. The van der Waals surface area contributed by atoms with Crippen LogP contribution in [0, 0.1) is 0 Å². The summed E-state index contributed by atoms with van der Waals surface area (Å²) in [5.74, 6) is -0.249. The molecule has 1 aromatic heterocycles. The molecule has 0 aliphatic heterocycles. The van der Waals surface area contributed by atoms with Gasteiger partial charge in [-0.15, -0.1) is 0 Å². The number of hydrogen-bond donors (Lipinski definition) is 4. The summed E-state index contributed by atoms with van der Waals surface area (Å²) in [4.78, 5) is 28.0. The van der Waals surface area contributed by atoms with Gasteiger partial charge in [0, 0.05) is 35.6 Å². The monoisotopic (exact) mass is 418 g/mol. The zero-order valence-corrected chi connectivity index (χ0v) is 17.9. The van der Waals surface area contributed by atoms with Crippen LogP contribution >= 0.6 is 0 Å². The molecule has 0 spiro atoms. The highest BCUT2D eigenvalue weighted by atomic mass is 16.2. The molecule has 4 rings (SSSR count). The highest BCUT2D eigenvalue weighted by Gasteiger charge is 2.23. The van der Waals surface area contributed by atoms with Crippen molar-refractivity contribution in [3.05, 3.63) is 71.9 Å². The number of fused-ring (bicyclic) bond motifs is 1. The van der Waals surface area contributed by atoms with E-state index in [4.69, 9.17) is 0 Å². The van der Waals surface area contributed by atoms with E-state index in [2.05, 4.69) is 45.2 Å². The summed E-state index contributed by atoms with van der Waals surface area (Å²) in [7, 11) is 0. The molecule has 1 aliphatic rings. The summed E-state index contributed by atoms with van der Waals surface area (Å²) in [5.41, 5.74) is 3.44. The van der Waals surface area contributed by atoms with Gasteiger partial charge >= 0.3 is 6.03 Å². The fraction of sp³-hybridized carbons (Fsp3) is 0.360. The number of benzene rings is 2. The third kappa shape index (κ3) is 5.14. The van der Waals surface area contributed by atoms with Crippen molar-refractivity contribution >= 4 is 22.8 Å². The molecule has 4 N–H and O–H groups in total. The lowest BCUT2D eigenvalue weighted by Crippen LogP contribution is -2.50. The molecule has 0 bridgehead atoms. The Morgan fingerprint density at radius 3 is 2.52 bits per heavy atom. The molecule has 1 saturated carbocycles. The lowest BCUT2D eigenvalue weighted by molar-refractivity contribution is -0.121. The van der Waals surface area contributed by atoms with E-state index in [1.807, 2.05) is 36.5 Å². The summed E-state index contributed by atoms with van der Waals surface area (Å²) >= 11 is 0. The van der Waals surface area contributed by atoms with Gasteiger partial charge in [-0.3, -0.25) is 10.1 Å². The maximum atomic E-state index is 12.5. The van der Waals surface area contributed by atoms with Crippen LogP contribution in [0.2, 0.25) is 0 Å². The molecule has 0 unspecified atom stereocenters. The number of amides is 3. The first-order chi connectivity index (χ1) is 15.1. The molecule has 6 nitrogen and oxygen atoms in total. The molecule has 6 heteroatoms. The zero-order chi connectivity index (χ0) is 21.6. The molecule has 2 atom stereocenters. The first-order valence-electron chi connectivity index (χ1n) is 11.1. The predicted molar refractivity (Wildman–Crippen MR) is 123 cm³/mol. The first kappa shape index (κ1) is 21.1. The quantitative estimate of drug-likeness (QED) is 0.467. The molecule has 1 heterocycles. The van der Waals surface area contributed by atoms with E-state index in [1.54, 1.807) is 6.92 Å². The Balaban J connectivity index is 1.42. The average Bonchev–Trinajstić information content (AvgIpc) is 3.44. The summed E-state index contributed by atoms with van der Waals surface area (Å²) in [5, 5.41) is 9.87. The van der Waals surface area contributed by atoms with E-state index in [1.165, 1.54) is 16.5 Å². The maximum Gasteiger partial charge on any atom is 0.321 e. The van der Waals surface area contributed by atoms with Crippen molar-refractivity contribution in [1.82, 2.24) is 20.9 Å². The number of aromatic amines is 1. The molecule has 0 radical (unpaired) electrons. The largest absolute Gasteiger partial charge is 0.361 e. The maximum absolute atomic E-state index is 12.5. The molecule has 31 heavy (non-hydrogen) atoms. The van der Waals surface area contributed by atoms with Crippen LogP contribution in [-0.2, 0) is 4.79 Å². The minimum absolute atomic E-state index is 0.0694. The summed E-state index contributed by atoms with van der Waals surface area (Å²) in [6, 6.07) is 17.8. The Morgan fingerprint density at radius 1 is 1.03 bits per heavy atom. The van der Waals surface area contributed by atoms with Crippen molar-refractivity contribution in [2.24, 2.45) is 0 Å².